The van der Waals surface area contributed by atoms with Gasteiger partial charge in [0.05, 0.1) is 0 Å². The monoisotopic (exact) mass is 224 g/mol. The van der Waals surface area contributed by atoms with Gasteiger partial charge in [-0.15, -0.1) is 0 Å². The third kappa shape index (κ3) is 2.20. The van der Waals surface area contributed by atoms with Crippen LogP contribution < -0.4 is 5.11 Å². The van der Waals surface area contributed by atoms with Gasteiger partial charge < -0.3 is 14.8 Å². The lowest BCUT2D eigenvalue weighted by molar-refractivity contribution is -0.314. The van der Waals surface area contributed by atoms with Gasteiger partial charge in [-0.3, -0.25) is 4.79 Å². The zero-order valence-electron chi connectivity index (χ0n) is 9.48. The molecule has 1 aliphatic carbocycles. The van der Waals surface area contributed by atoms with Crippen molar-refractivity contribution in [2.75, 3.05) is 13.1 Å². The summed E-state index contributed by atoms with van der Waals surface area (Å²) in [5.41, 5.74) is 0. The number of likely N-dealkylation sites (tertiary alicyclic amines) is 1. The molecule has 4 nitrogen and oxygen atoms in total. The van der Waals surface area contributed by atoms with Crippen molar-refractivity contribution < 1.29 is 14.7 Å². The molecule has 1 heterocycles. The lowest BCUT2D eigenvalue weighted by Gasteiger charge is -2.33. The summed E-state index contributed by atoms with van der Waals surface area (Å²) in [5, 5.41) is 11.0. The molecule has 1 aliphatic heterocycles. The molecule has 0 unspecified atom stereocenters. The van der Waals surface area contributed by atoms with E-state index in [1.807, 2.05) is 4.90 Å². The average molecular weight is 224 g/mol. The third-order valence-electron chi connectivity index (χ3n) is 3.80. The molecular weight excluding hydrogens is 206 g/mol. The molecule has 16 heavy (non-hydrogen) atoms. The van der Waals surface area contributed by atoms with Crippen LogP contribution in [-0.4, -0.2) is 29.9 Å². The van der Waals surface area contributed by atoms with Crippen molar-refractivity contribution in [3.05, 3.63) is 0 Å². The Kier molecular flexibility index (Phi) is 3.46. The first-order chi connectivity index (χ1) is 7.70. The Bertz CT molecular complexity index is 284. The average Bonchev–Trinajstić information content (AvgIpc) is 2.81. The van der Waals surface area contributed by atoms with Gasteiger partial charge in [-0.1, -0.05) is 12.8 Å². The first-order valence-corrected chi connectivity index (χ1v) is 6.20. The van der Waals surface area contributed by atoms with Gasteiger partial charge in [0.15, 0.2) is 0 Å². The summed E-state index contributed by atoms with van der Waals surface area (Å²) in [6, 6.07) is 0. The molecule has 1 saturated heterocycles. The fourth-order valence-electron chi connectivity index (χ4n) is 2.88. The van der Waals surface area contributed by atoms with E-state index in [1.165, 1.54) is 0 Å². The zero-order chi connectivity index (χ0) is 11.5. The maximum atomic E-state index is 12.2. The van der Waals surface area contributed by atoms with Crippen molar-refractivity contribution in [1.82, 2.24) is 4.90 Å². The number of hydrogen-bond donors (Lipinski definition) is 0. The molecule has 0 spiro atoms. The Balaban J connectivity index is 2.04. The normalized spacial score (nSPS) is 30.4. The summed E-state index contributed by atoms with van der Waals surface area (Å²) in [4.78, 5) is 25.0. The highest BCUT2D eigenvalue weighted by molar-refractivity contribution is 5.84. The maximum Gasteiger partial charge on any atom is 0.226 e. The molecule has 4 heteroatoms. The van der Waals surface area contributed by atoms with Gasteiger partial charge in [-0.05, 0) is 25.7 Å². The van der Waals surface area contributed by atoms with Crippen LogP contribution in [0.25, 0.3) is 0 Å². The molecule has 0 radical (unpaired) electrons. The van der Waals surface area contributed by atoms with Crippen LogP contribution >= 0.6 is 0 Å². The molecule has 0 aromatic heterocycles. The Morgan fingerprint density at radius 2 is 1.50 bits per heavy atom. The topological polar surface area (TPSA) is 60.4 Å². The van der Waals surface area contributed by atoms with E-state index in [4.69, 9.17) is 0 Å². The first-order valence-electron chi connectivity index (χ1n) is 6.20. The molecule has 2 atom stereocenters. The van der Waals surface area contributed by atoms with Crippen LogP contribution in [0, 0.1) is 11.8 Å². The third-order valence-corrected chi connectivity index (χ3v) is 3.80. The fraction of sp³-hybridized carbons (Fsp3) is 0.833. The summed E-state index contributed by atoms with van der Waals surface area (Å²) < 4.78 is 0. The van der Waals surface area contributed by atoms with Crippen LogP contribution in [0.4, 0.5) is 0 Å². The summed E-state index contributed by atoms with van der Waals surface area (Å²) in [7, 11) is 0. The van der Waals surface area contributed by atoms with E-state index in [-0.39, 0.29) is 11.8 Å². The molecule has 0 N–H and O–H groups in total. The zero-order valence-corrected chi connectivity index (χ0v) is 9.48. The Labute approximate surface area is 95.6 Å². The van der Waals surface area contributed by atoms with E-state index in [1.54, 1.807) is 0 Å². The minimum absolute atomic E-state index is 0.0476. The van der Waals surface area contributed by atoms with E-state index in [0.29, 0.717) is 12.8 Å². The second-order valence-corrected chi connectivity index (χ2v) is 4.85. The number of carboxylic acids is 1. The molecule has 1 saturated carbocycles. The predicted molar refractivity (Wildman–Crippen MR) is 56.3 cm³/mol. The van der Waals surface area contributed by atoms with Gasteiger partial charge >= 0.3 is 0 Å². The second kappa shape index (κ2) is 4.85. The van der Waals surface area contributed by atoms with E-state index >= 15 is 0 Å². The van der Waals surface area contributed by atoms with E-state index in [2.05, 4.69) is 0 Å². The maximum absolute atomic E-state index is 12.2. The molecule has 90 valence electrons. The van der Waals surface area contributed by atoms with Gasteiger partial charge in [0.2, 0.25) is 5.91 Å². The highest BCUT2D eigenvalue weighted by Crippen LogP contribution is 2.31. The van der Waals surface area contributed by atoms with Crippen molar-refractivity contribution in [1.29, 1.82) is 0 Å². The van der Waals surface area contributed by atoms with Gasteiger partial charge in [-0.2, -0.15) is 0 Å². The number of carbonyl (C=O) groups excluding carboxylic acids is 2. The minimum Gasteiger partial charge on any atom is -0.550 e. The summed E-state index contributed by atoms with van der Waals surface area (Å²) >= 11 is 0. The number of amides is 1. The molecule has 2 fully saturated rings. The highest BCUT2D eigenvalue weighted by atomic mass is 16.4. The van der Waals surface area contributed by atoms with Crippen molar-refractivity contribution in [3.8, 4) is 0 Å². The standard InChI is InChI=1S/C12H19NO3/c14-11(13-7-3-4-8-13)9-5-1-2-6-10(9)12(15)16/h9-10H,1-8H2,(H,15,16)/p-1/t9-,10-/m1/s1. The van der Waals surface area contributed by atoms with Crippen molar-refractivity contribution in [3.63, 3.8) is 0 Å². The summed E-state index contributed by atoms with van der Waals surface area (Å²) in [5.74, 6) is -1.87. The quantitative estimate of drug-likeness (QED) is 0.671. The SMILES string of the molecule is O=C([O-])[C@@H]1CCCC[C@H]1C(=O)N1CCCC1. The van der Waals surface area contributed by atoms with E-state index < -0.39 is 11.9 Å². The van der Waals surface area contributed by atoms with Gasteiger partial charge in [0.1, 0.15) is 0 Å². The Morgan fingerprint density at radius 1 is 0.938 bits per heavy atom. The largest absolute Gasteiger partial charge is 0.550 e. The number of hydrogen-bond acceptors (Lipinski definition) is 3. The lowest BCUT2D eigenvalue weighted by Crippen LogP contribution is -2.45. The number of rotatable bonds is 2. The van der Waals surface area contributed by atoms with E-state index in [0.717, 1.165) is 38.8 Å². The molecule has 2 rings (SSSR count). The van der Waals surface area contributed by atoms with Crippen LogP contribution in [-0.2, 0) is 9.59 Å². The summed E-state index contributed by atoms with van der Waals surface area (Å²) in [6.07, 6.45) is 5.29. The molecular formula is C12H18NO3-. The lowest BCUT2D eigenvalue weighted by atomic mass is 9.78. The smallest absolute Gasteiger partial charge is 0.226 e. The minimum atomic E-state index is -1.04. The van der Waals surface area contributed by atoms with Crippen LogP contribution in [0.3, 0.4) is 0 Å². The van der Waals surface area contributed by atoms with Gasteiger partial charge in [-0.25, -0.2) is 0 Å². The van der Waals surface area contributed by atoms with Crippen LogP contribution in [0.1, 0.15) is 38.5 Å². The van der Waals surface area contributed by atoms with Gasteiger partial charge in [0.25, 0.3) is 0 Å². The van der Waals surface area contributed by atoms with Crippen LogP contribution in [0.5, 0.6) is 0 Å². The molecule has 0 aromatic rings. The molecule has 0 bridgehead atoms. The fourth-order valence-corrected chi connectivity index (χ4v) is 2.88. The molecule has 0 aromatic carbocycles. The second-order valence-electron chi connectivity index (χ2n) is 4.85. The summed E-state index contributed by atoms with van der Waals surface area (Å²) in [6.45, 7) is 1.60. The number of nitrogens with zero attached hydrogens (tertiary/aromatic N) is 1. The number of carbonyl (C=O) groups is 2. The van der Waals surface area contributed by atoms with Crippen molar-refractivity contribution >= 4 is 11.9 Å². The van der Waals surface area contributed by atoms with Crippen molar-refractivity contribution in [2.24, 2.45) is 11.8 Å². The first kappa shape index (κ1) is 11.4. The van der Waals surface area contributed by atoms with Gasteiger partial charge in [0, 0.05) is 30.9 Å². The van der Waals surface area contributed by atoms with Crippen LogP contribution in [0.2, 0.25) is 0 Å². The van der Waals surface area contributed by atoms with E-state index in [9.17, 15) is 14.7 Å². The Hall–Kier alpha value is -1.06. The molecule has 1 amide bonds. The van der Waals surface area contributed by atoms with Crippen LogP contribution in [0.15, 0.2) is 0 Å². The molecule has 2 aliphatic rings. The highest BCUT2D eigenvalue weighted by Gasteiger charge is 2.35. The number of aliphatic carboxylic acids is 1. The predicted octanol–water partition coefficient (Wildman–Crippen LogP) is 0.165. The van der Waals surface area contributed by atoms with Crippen molar-refractivity contribution in [2.45, 2.75) is 38.5 Å². The number of carboxylic acid groups (broad SMARTS) is 1. The Morgan fingerprint density at radius 3 is 2.06 bits per heavy atom.